The van der Waals surface area contributed by atoms with Crippen LogP contribution < -0.4 is 5.32 Å². The molecule has 7 heteroatoms. The molecule has 1 rings (SSSR count). The number of nitrogens with one attached hydrogen (secondary N) is 1. The molecular weight excluding hydrogens is 271 g/mol. The molecule has 0 aliphatic carbocycles. The molecule has 0 aromatic heterocycles. The van der Waals surface area contributed by atoms with Gasteiger partial charge in [0, 0.05) is 30.2 Å². The molecule has 19 heavy (non-hydrogen) atoms. The molecule has 0 aliphatic rings. The van der Waals surface area contributed by atoms with Crippen molar-refractivity contribution in [1.82, 2.24) is 5.32 Å². The minimum Gasteiger partial charge on any atom is -0.351 e. The number of halogens is 1. The topological polar surface area (TPSA) is 72.2 Å². The van der Waals surface area contributed by atoms with E-state index < -0.39 is 16.6 Å². The standard InChI is InChI=1S/C12H13FN2O3S/c1-2-6-19-7-5-14-12(16)10-8-9(15(17)18)3-4-11(10)13/h2-4,8H,1,5-7H2,(H,14,16). The molecule has 1 amide bonds. The second-order valence-electron chi connectivity index (χ2n) is 3.54. The summed E-state index contributed by atoms with van der Waals surface area (Å²) in [5.74, 6) is -0.00254. The van der Waals surface area contributed by atoms with Crippen molar-refractivity contribution in [3.63, 3.8) is 0 Å². The fourth-order valence-electron chi connectivity index (χ4n) is 1.30. The first-order chi connectivity index (χ1) is 9.06. The van der Waals surface area contributed by atoms with Crippen LogP contribution in [0.2, 0.25) is 0 Å². The molecule has 0 heterocycles. The number of carbonyl (C=O) groups excluding carboxylic acids is 1. The maximum absolute atomic E-state index is 13.4. The van der Waals surface area contributed by atoms with Gasteiger partial charge in [-0.25, -0.2) is 4.39 Å². The summed E-state index contributed by atoms with van der Waals surface area (Å²) < 4.78 is 13.4. The quantitative estimate of drug-likeness (QED) is 0.361. The van der Waals surface area contributed by atoms with Crippen LogP contribution in [0.15, 0.2) is 30.9 Å². The zero-order chi connectivity index (χ0) is 14.3. The van der Waals surface area contributed by atoms with Crippen molar-refractivity contribution in [2.24, 2.45) is 0 Å². The monoisotopic (exact) mass is 284 g/mol. The molecule has 0 saturated carbocycles. The Bertz CT molecular complexity index is 494. The summed E-state index contributed by atoms with van der Waals surface area (Å²) in [6.07, 6.45) is 1.74. The number of nitro benzene ring substituents is 1. The Morgan fingerprint density at radius 2 is 2.32 bits per heavy atom. The number of benzene rings is 1. The summed E-state index contributed by atoms with van der Waals surface area (Å²) in [4.78, 5) is 21.6. The molecular formula is C12H13FN2O3S. The normalized spacial score (nSPS) is 9.95. The number of hydrogen-bond acceptors (Lipinski definition) is 4. The van der Waals surface area contributed by atoms with E-state index in [-0.39, 0.29) is 11.3 Å². The molecule has 0 atom stereocenters. The number of amides is 1. The summed E-state index contributed by atoms with van der Waals surface area (Å²) in [6.45, 7) is 3.92. The SMILES string of the molecule is C=CCSCCNC(=O)c1cc([N+](=O)[O-])ccc1F. The summed E-state index contributed by atoms with van der Waals surface area (Å²) in [6, 6.07) is 2.87. The average Bonchev–Trinajstić information content (AvgIpc) is 2.38. The van der Waals surface area contributed by atoms with E-state index in [9.17, 15) is 19.3 Å². The molecule has 1 N–H and O–H groups in total. The predicted molar refractivity (Wildman–Crippen MR) is 72.9 cm³/mol. The van der Waals surface area contributed by atoms with Gasteiger partial charge in [-0.05, 0) is 6.07 Å². The molecule has 0 saturated heterocycles. The van der Waals surface area contributed by atoms with Gasteiger partial charge < -0.3 is 5.32 Å². The maximum Gasteiger partial charge on any atom is 0.270 e. The van der Waals surface area contributed by atoms with Crippen molar-refractivity contribution in [2.75, 3.05) is 18.1 Å². The first-order valence-electron chi connectivity index (χ1n) is 5.47. The van der Waals surface area contributed by atoms with Crippen molar-refractivity contribution < 1.29 is 14.1 Å². The summed E-state index contributed by atoms with van der Waals surface area (Å²) in [5, 5.41) is 13.1. The number of hydrogen-bond donors (Lipinski definition) is 1. The van der Waals surface area contributed by atoms with Crippen LogP contribution >= 0.6 is 11.8 Å². The summed E-state index contributed by atoms with van der Waals surface area (Å²) in [7, 11) is 0. The number of nitrogens with zero attached hydrogens (tertiary/aromatic N) is 1. The molecule has 5 nitrogen and oxygen atoms in total. The van der Waals surface area contributed by atoms with E-state index in [0.29, 0.717) is 12.3 Å². The van der Waals surface area contributed by atoms with Crippen LogP contribution in [0.5, 0.6) is 0 Å². The van der Waals surface area contributed by atoms with Crippen LogP contribution in [-0.4, -0.2) is 28.9 Å². The van der Waals surface area contributed by atoms with Gasteiger partial charge in [0.15, 0.2) is 0 Å². The molecule has 0 unspecified atom stereocenters. The third-order valence-corrected chi connectivity index (χ3v) is 3.14. The molecule has 1 aromatic carbocycles. The van der Waals surface area contributed by atoms with Crippen molar-refractivity contribution in [2.45, 2.75) is 0 Å². The largest absolute Gasteiger partial charge is 0.351 e. The van der Waals surface area contributed by atoms with Crippen LogP contribution in [-0.2, 0) is 0 Å². The summed E-state index contributed by atoms with van der Waals surface area (Å²) in [5.41, 5.74) is -0.629. The van der Waals surface area contributed by atoms with E-state index in [4.69, 9.17) is 0 Å². The molecule has 0 spiro atoms. The van der Waals surface area contributed by atoms with E-state index in [1.54, 1.807) is 17.8 Å². The fourth-order valence-corrected chi connectivity index (χ4v) is 1.88. The van der Waals surface area contributed by atoms with Crippen molar-refractivity contribution in [1.29, 1.82) is 0 Å². The minimum atomic E-state index is -0.776. The number of nitro groups is 1. The number of thioether (sulfide) groups is 1. The lowest BCUT2D eigenvalue weighted by Gasteiger charge is -2.05. The van der Waals surface area contributed by atoms with Crippen LogP contribution in [0.1, 0.15) is 10.4 Å². The second-order valence-corrected chi connectivity index (χ2v) is 4.69. The van der Waals surface area contributed by atoms with Gasteiger partial charge in [-0.15, -0.1) is 6.58 Å². The van der Waals surface area contributed by atoms with Crippen molar-refractivity contribution >= 4 is 23.4 Å². The fraction of sp³-hybridized carbons (Fsp3) is 0.250. The Balaban J connectivity index is 2.63. The van der Waals surface area contributed by atoms with Gasteiger partial charge in [0.2, 0.25) is 0 Å². The van der Waals surface area contributed by atoms with Crippen LogP contribution in [0.4, 0.5) is 10.1 Å². The molecule has 0 fully saturated rings. The van der Waals surface area contributed by atoms with Crippen LogP contribution in [0.3, 0.4) is 0 Å². The van der Waals surface area contributed by atoms with E-state index in [1.807, 2.05) is 0 Å². The van der Waals surface area contributed by atoms with Gasteiger partial charge in [-0.2, -0.15) is 11.8 Å². The van der Waals surface area contributed by atoms with Gasteiger partial charge in [-0.3, -0.25) is 14.9 Å². The van der Waals surface area contributed by atoms with Gasteiger partial charge in [-0.1, -0.05) is 6.08 Å². The Morgan fingerprint density at radius 3 is 2.95 bits per heavy atom. The number of rotatable bonds is 7. The highest BCUT2D eigenvalue weighted by Gasteiger charge is 2.16. The van der Waals surface area contributed by atoms with E-state index in [2.05, 4.69) is 11.9 Å². The van der Waals surface area contributed by atoms with Crippen molar-refractivity contribution in [3.8, 4) is 0 Å². The van der Waals surface area contributed by atoms with Crippen LogP contribution in [0, 0.1) is 15.9 Å². The average molecular weight is 284 g/mol. The highest BCUT2D eigenvalue weighted by Crippen LogP contribution is 2.16. The number of carbonyl (C=O) groups is 1. The second kappa shape index (κ2) is 7.52. The first-order valence-corrected chi connectivity index (χ1v) is 6.62. The Hall–Kier alpha value is -1.89. The Labute approximate surface area is 114 Å². The zero-order valence-corrected chi connectivity index (χ0v) is 10.9. The lowest BCUT2D eigenvalue weighted by molar-refractivity contribution is -0.384. The molecule has 1 aromatic rings. The Morgan fingerprint density at radius 1 is 1.58 bits per heavy atom. The summed E-state index contributed by atoms with van der Waals surface area (Å²) >= 11 is 1.57. The van der Waals surface area contributed by atoms with E-state index in [1.165, 1.54) is 0 Å². The third-order valence-electron chi connectivity index (χ3n) is 2.17. The third kappa shape index (κ3) is 4.70. The highest BCUT2D eigenvalue weighted by molar-refractivity contribution is 7.99. The number of non-ortho nitro benzene ring substituents is 1. The van der Waals surface area contributed by atoms with E-state index >= 15 is 0 Å². The van der Waals surface area contributed by atoms with Crippen LogP contribution in [0.25, 0.3) is 0 Å². The lowest BCUT2D eigenvalue weighted by Crippen LogP contribution is -2.26. The van der Waals surface area contributed by atoms with Gasteiger partial charge in [0.25, 0.3) is 11.6 Å². The molecule has 0 aliphatic heterocycles. The maximum atomic E-state index is 13.4. The van der Waals surface area contributed by atoms with Gasteiger partial charge in [0.1, 0.15) is 5.82 Å². The first kappa shape index (κ1) is 15.2. The van der Waals surface area contributed by atoms with E-state index in [0.717, 1.165) is 24.0 Å². The molecule has 0 bridgehead atoms. The smallest absolute Gasteiger partial charge is 0.270 e. The van der Waals surface area contributed by atoms with Gasteiger partial charge >= 0.3 is 0 Å². The molecule has 102 valence electrons. The highest BCUT2D eigenvalue weighted by atomic mass is 32.2. The predicted octanol–water partition coefficient (Wildman–Crippen LogP) is 2.38. The van der Waals surface area contributed by atoms with Crippen molar-refractivity contribution in [3.05, 3.63) is 52.3 Å². The zero-order valence-electron chi connectivity index (χ0n) is 10.1. The Kier molecular flexibility index (Phi) is 6.01. The van der Waals surface area contributed by atoms with Gasteiger partial charge in [0.05, 0.1) is 10.5 Å². The minimum absolute atomic E-state index is 0.312. The lowest BCUT2D eigenvalue weighted by atomic mass is 10.2. The molecule has 0 radical (unpaired) electrons.